The number of benzene rings is 2. The summed E-state index contributed by atoms with van der Waals surface area (Å²) < 4.78 is 36.6. The average molecular weight is 481 g/mol. The number of ether oxygens (including phenoxy) is 1. The van der Waals surface area contributed by atoms with E-state index >= 15 is 0 Å². The van der Waals surface area contributed by atoms with E-state index in [9.17, 15) is 8.42 Å². The van der Waals surface area contributed by atoms with Crippen LogP contribution in [-0.4, -0.2) is 33.9 Å². The van der Waals surface area contributed by atoms with Gasteiger partial charge in [-0.05, 0) is 36.4 Å². The molecule has 1 aromatic heterocycles. The van der Waals surface area contributed by atoms with Gasteiger partial charge >= 0.3 is 10.2 Å². The Morgan fingerprint density at radius 3 is 2.33 bits per heavy atom. The minimum Gasteiger partial charge on any atom is -0.494 e. The standard InChI is InChI=1S/C24H21ClN4O3S/c1-32-23-9-5-4-8-22(23)29-24(18-10-12-19(25)13-11-18)20-16-28(17-21(20)26-29)33(30,31)27-14-6-2-3-7-15-27/h2-15H,16-17H2,1H3. The molecule has 0 atom stereocenters. The van der Waals surface area contributed by atoms with Crippen LogP contribution in [0.4, 0.5) is 0 Å². The van der Waals surface area contributed by atoms with E-state index in [4.69, 9.17) is 21.4 Å². The first-order valence-electron chi connectivity index (χ1n) is 10.3. The van der Waals surface area contributed by atoms with Crippen LogP contribution in [0.15, 0.2) is 85.2 Å². The molecular weight excluding hydrogens is 460 g/mol. The summed E-state index contributed by atoms with van der Waals surface area (Å²) in [5.74, 6) is 0.672. The summed E-state index contributed by atoms with van der Waals surface area (Å²) in [7, 11) is -2.15. The average Bonchev–Trinajstić information content (AvgIpc) is 3.26. The Morgan fingerprint density at radius 1 is 0.939 bits per heavy atom. The maximum Gasteiger partial charge on any atom is 0.308 e. The van der Waals surface area contributed by atoms with E-state index in [-0.39, 0.29) is 13.1 Å². The lowest BCUT2D eigenvalue weighted by molar-refractivity contribution is 0.397. The molecule has 9 heteroatoms. The molecule has 2 aromatic carbocycles. The monoisotopic (exact) mass is 480 g/mol. The zero-order chi connectivity index (χ0) is 23.0. The summed E-state index contributed by atoms with van der Waals surface area (Å²) in [6.45, 7) is 0.377. The van der Waals surface area contributed by atoms with Gasteiger partial charge in [-0.25, -0.2) is 8.99 Å². The quantitative estimate of drug-likeness (QED) is 0.532. The third kappa shape index (κ3) is 3.86. The fourth-order valence-electron chi connectivity index (χ4n) is 3.97. The molecule has 0 radical (unpaired) electrons. The lowest BCUT2D eigenvalue weighted by atomic mass is 10.1. The third-order valence-electron chi connectivity index (χ3n) is 5.55. The molecule has 0 bridgehead atoms. The van der Waals surface area contributed by atoms with E-state index in [0.29, 0.717) is 16.5 Å². The smallest absolute Gasteiger partial charge is 0.308 e. The van der Waals surface area contributed by atoms with E-state index in [1.54, 1.807) is 31.4 Å². The summed E-state index contributed by atoms with van der Waals surface area (Å²) >= 11 is 6.12. The number of para-hydroxylation sites is 2. The van der Waals surface area contributed by atoms with Crippen molar-refractivity contribution in [2.45, 2.75) is 13.1 Å². The molecule has 2 aliphatic rings. The van der Waals surface area contributed by atoms with E-state index in [0.717, 1.165) is 22.5 Å². The van der Waals surface area contributed by atoms with Crippen LogP contribution in [0.2, 0.25) is 5.02 Å². The largest absolute Gasteiger partial charge is 0.494 e. The predicted molar refractivity (Wildman–Crippen MR) is 128 cm³/mol. The van der Waals surface area contributed by atoms with Gasteiger partial charge in [0.15, 0.2) is 0 Å². The molecule has 0 saturated heterocycles. The zero-order valence-electron chi connectivity index (χ0n) is 17.8. The molecule has 0 amide bonds. The first-order valence-corrected chi connectivity index (χ1v) is 12.1. The molecule has 2 aliphatic heterocycles. The Hall–Kier alpha value is -3.33. The topological polar surface area (TPSA) is 67.7 Å². The van der Waals surface area contributed by atoms with Crippen molar-refractivity contribution in [2.24, 2.45) is 0 Å². The normalized spacial score (nSPS) is 15.6. The van der Waals surface area contributed by atoms with Crippen molar-refractivity contribution in [2.75, 3.05) is 7.11 Å². The number of methoxy groups -OCH3 is 1. The summed E-state index contributed by atoms with van der Waals surface area (Å²) in [5.41, 5.74) is 4.03. The molecule has 0 unspecified atom stereocenters. The van der Waals surface area contributed by atoms with Gasteiger partial charge in [0.2, 0.25) is 0 Å². The van der Waals surface area contributed by atoms with E-state index in [2.05, 4.69) is 0 Å². The molecule has 168 valence electrons. The van der Waals surface area contributed by atoms with Gasteiger partial charge in [0, 0.05) is 35.1 Å². The molecule has 0 spiro atoms. The second kappa shape index (κ2) is 8.55. The van der Waals surface area contributed by atoms with Gasteiger partial charge in [0.05, 0.1) is 25.0 Å². The molecule has 0 fully saturated rings. The van der Waals surface area contributed by atoms with Crippen molar-refractivity contribution in [3.8, 4) is 22.7 Å². The van der Waals surface area contributed by atoms with Crippen LogP contribution in [0.25, 0.3) is 16.9 Å². The number of halogens is 1. The number of nitrogens with zero attached hydrogens (tertiary/aromatic N) is 4. The van der Waals surface area contributed by atoms with Crippen molar-refractivity contribution in [1.82, 2.24) is 18.4 Å². The van der Waals surface area contributed by atoms with Crippen molar-refractivity contribution in [1.29, 1.82) is 0 Å². The number of fused-ring (bicyclic) bond motifs is 1. The van der Waals surface area contributed by atoms with Crippen molar-refractivity contribution in [3.63, 3.8) is 0 Å². The minimum absolute atomic E-state index is 0.173. The summed E-state index contributed by atoms with van der Waals surface area (Å²) in [6, 6.07) is 15.1. The lowest BCUT2D eigenvalue weighted by Crippen LogP contribution is -2.35. The Balaban J connectivity index is 1.60. The first kappa shape index (κ1) is 21.5. The van der Waals surface area contributed by atoms with Crippen LogP contribution in [-0.2, 0) is 23.3 Å². The van der Waals surface area contributed by atoms with Gasteiger partial charge < -0.3 is 4.74 Å². The highest BCUT2D eigenvalue weighted by Crippen LogP contribution is 2.38. The van der Waals surface area contributed by atoms with Crippen LogP contribution < -0.4 is 4.74 Å². The van der Waals surface area contributed by atoms with Gasteiger partial charge in [-0.3, -0.25) is 0 Å². The second-order valence-electron chi connectivity index (χ2n) is 7.54. The van der Waals surface area contributed by atoms with E-state index in [1.165, 1.54) is 21.0 Å². The zero-order valence-corrected chi connectivity index (χ0v) is 19.4. The first-order chi connectivity index (χ1) is 16.0. The molecule has 0 aliphatic carbocycles. The summed E-state index contributed by atoms with van der Waals surface area (Å²) in [4.78, 5) is 0. The van der Waals surface area contributed by atoms with E-state index in [1.807, 2.05) is 53.2 Å². The van der Waals surface area contributed by atoms with E-state index < -0.39 is 10.2 Å². The molecule has 33 heavy (non-hydrogen) atoms. The SMILES string of the molecule is COc1ccccc1-n1nc2c(c1-c1ccc(Cl)cc1)CN(S(=O)(=O)N1C=CC=CC=C1)C2. The Kier molecular flexibility index (Phi) is 5.57. The lowest BCUT2D eigenvalue weighted by Gasteiger charge is -2.23. The van der Waals surface area contributed by atoms with Crippen LogP contribution >= 0.6 is 11.6 Å². The summed E-state index contributed by atoms with van der Waals surface area (Å²) in [5, 5.41) is 5.45. The van der Waals surface area contributed by atoms with Gasteiger partial charge in [0.1, 0.15) is 11.4 Å². The molecule has 0 saturated carbocycles. The van der Waals surface area contributed by atoms with Crippen LogP contribution in [0, 0.1) is 0 Å². The highest BCUT2D eigenvalue weighted by molar-refractivity contribution is 7.86. The molecule has 5 rings (SSSR count). The summed E-state index contributed by atoms with van der Waals surface area (Å²) in [6.07, 6.45) is 9.99. The molecular formula is C24H21ClN4O3S. The maximum absolute atomic E-state index is 13.3. The number of hydrogen-bond donors (Lipinski definition) is 0. The number of aromatic nitrogens is 2. The predicted octanol–water partition coefficient (Wildman–Crippen LogP) is 4.66. The Labute approximate surface area is 197 Å². The molecule has 3 heterocycles. The number of hydrogen-bond acceptors (Lipinski definition) is 4. The maximum atomic E-state index is 13.3. The minimum atomic E-state index is -3.76. The van der Waals surface area contributed by atoms with Crippen molar-refractivity contribution in [3.05, 3.63) is 102 Å². The van der Waals surface area contributed by atoms with Gasteiger partial charge in [0.25, 0.3) is 0 Å². The van der Waals surface area contributed by atoms with Crippen molar-refractivity contribution < 1.29 is 13.2 Å². The highest BCUT2D eigenvalue weighted by atomic mass is 35.5. The molecule has 7 nitrogen and oxygen atoms in total. The highest BCUT2D eigenvalue weighted by Gasteiger charge is 2.37. The van der Waals surface area contributed by atoms with Crippen LogP contribution in [0.1, 0.15) is 11.3 Å². The van der Waals surface area contributed by atoms with Gasteiger partial charge in [-0.1, -0.05) is 48.0 Å². The fourth-order valence-corrected chi connectivity index (χ4v) is 5.39. The van der Waals surface area contributed by atoms with Crippen LogP contribution in [0.5, 0.6) is 5.75 Å². The molecule has 3 aromatic rings. The molecule has 0 N–H and O–H groups in total. The van der Waals surface area contributed by atoms with Crippen LogP contribution in [0.3, 0.4) is 0 Å². The fraction of sp³-hybridized carbons (Fsp3) is 0.125. The van der Waals surface area contributed by atoms with Gasteiger partial charge in [-0.15, -0.1) is 0 Å². The third-order valence-corrected chi connectivity index (χ3v) is 7.49. The Morgan fingerprint density at radius 2 is 1.64 bits per heavy atom. The van der Waals surface area contributed by atoms with Crippen molar-refractivity contribution >= 4 is 21.8 Å². The Bertz CT molecular complexity index is 1380. The number of rotatable bonds is 5. The second-order valence-corrected chi connectivity index (χ2v) is 9.81. The van der Waals surface area contributed by atoms with Gasteiger partial charge in [-0.2, -0.15) is 17.8 Å². The number of allylic oxidation sites excluding steroid dienone is 4.